The molecule has 0 aliphatic carbocycles. The Hall–Kier alpha value is -3.16. The van der Waals surface area contributed by atoms with Crippen LogP contribution >= 0.6 is 0 Å². The van der Waals surface area contributed by atoms with Gasteiger partial charge in [-0.1, -0.05) is 0 Å². The van der Waals surface area contributed by atoms with E-state index in [9.17, 15) is 9.18 Å². The molecule has 27 heavy (non-hydrogen) atoms. The highest BCUT2D eigenvalue weighted by Crippen LogP contribution is 2.29. The topological polar surface area (TPSA) is 63.0 Å². The zero-order valence-corrected chi connectivity index (χ0v) is 15.2. The van der Waals surface area contributed by atoms with Gasteiger partial charge in [0.25, 0.3) is 5.91 Å². The van der Waals surface area contributed by atoms with Gasteiger partial charge in [0.15, 0.2) is 5.65 Å². The molecule has 3 aromatic rings. The number of aromatic nitrogens is 3. The highest BCUT2D eigenvalue weighted by atomic mass is 19.1. The molecule has 1 saturated heterocycles. The molecular formula is C19H20FN5O2. The molecule has 1 fully saturated rings. The number of hydrogen-bond acceptors (Lipinski definition) is 5. The molecule has 0 spiro atoms. The molecule has 0 atom stereocenters. The van der Waals surface area contributed by atoms with Gasteiger partial charge in [-0.2, -0.15) is 5.10 Å². The fourth-order valence-electron chi connectivity index (χ4n) is 3.39. The van der Waals surface area contributed by atoms with Gasteiger partial charge in [0.1, 0.15) is 11.6 Å². The highest BCUT2D eigenvalue weighted by Gasteiger charge is 2.25. The molecule has 140 valence electrons. The Bertz CT molecular complexity index is 995. The van der Waals surface area contributed by atoms with Crippen molar-refractivity contribution in [3.63, 3.8) is 0 Å². The quantitative estimate of drug-likeness (QED) is 0.708. The SMILES string of the molecule is COc1cc(F)ccc1N1CCN(C(=O)c2cn3nccc3nc2C)CC1. The smallest absolute Gasteiger partial charge is 0.257 e. The van der Waals surface area contributed by atoms with Crippen LogP contribution < -0.4 is 9.64 Å². The number of amides is 1. The first-order valence-electron chi connectivity index (χ1n) is 8.75. The van der Waals surface area contributed by atoms with Crippen LogP contribution in [0.3, 0.4) is 0 Å². The first-order valence-corrected chi connectivity index (χ1v) is 8.75. The average molecular weight is 369 g/mol. The average Bonchev–Trinajstić information content (AvgIpc) is 3.14. The maximum atomic E-state index is 13.4. The number of piperazine rings is 1. The number of nitrogens with zero attached hydrogens (tertiary/aromatic N) is 5. The molecule has 0 unspecified atom stereocenters. The van der Waals surface area contributed by atoms with Crippen molar-refractivity contribution in [2.45, 2.75) is 6.92 Å². The van der Waals surface area contributed by atoms with Crippen molar-refractivity contribution in [3.8, 4) is 5.75 Å². The molecule has 4 rings (SSSR count). The number of aryl methyl sites for hydroxylation is 1. The Morgan fingerprint density at radius 1 is 1.19 bits per heavy atom. The summed E-state index contributed by atoms with van der Waals surface area (Å²) in [5, 5.41) is 4.16. The lowest BCUT2D eigenvalue weighted by Crippen LogP contribution is -2.49. The van der Waals surface area contributed by atoms with Crippen molar-refractivity contribution < 1.29 is 13.9 Å². The number of fused-ring (bicyclic) bond motifs is 1. The summed E-state index contributed by atoms with van der Waals surface area (Å²) >= 11 is 0. The lowest BCUT2D eigenvalue weighted by atomic mass is 10.1. The molecule has 1 aromatic carbocycles. The number of methoxy groups -OCH3 is 1. The number of hydrogen-bond donors (Lipinski definition) is 0. The molecule has 7 nitrogen and oxygen atoms in total. The third-order valence-corrected chi connectivity index (χ3v) is 4.85. The van der Waals surface area contributed by atoms with Crippen molar-refractivity contribution in [1.82, 2.24) is 19.5 Å². The first-order chi connectivity index (χ1) is 13.1. The van der Waals surface area contributed by atoms with Gasteiger partial charge in [0.2, 0.25) is 0 Å². The second kappa shape index (κ2) is 6.86. The van der Waals surface area contributed by atoms with E-state index in [0.717, 1.165) is 11.3 Å². The lowest BCUT2D eigenvalue weighted by Gasteiger charge is -2.36. The third-order valence-electron chi connectivity index (χ3n) is 4.85. The Morgan fingerprint density at radius 3 is 2.70 bits per heavy atom. The van der Waals surface area contributed by atoms with Crippen LogP contribution in [0.5, 0.6) is 5.75 Å². The summed E-state index contributed by atoms with van der Waals surface area (Å²) in [7, 11) is 1.53. The van der Waals surface area contributed by atoms with Crippen LogP contribution in [-0.4, -0.2) is 58.7 Å². The molecule has 0 radical (unpaired) electrons. The van der Waals surface area contributed by atoms with Crippen LogP contribution in [-0.2, 0) is 0 Å². The van der Waals surface area contributed by atoms with E-state index in [2.05, 4.69) is 15.0 Å². The van der Waals surface area contributed by atoms with Crippen molar-refractivity contribution in [3.05, 3.63) is 53.7 Å². The van der Waals surface area contributed by atoms with E-state index in [0.29, 0.717) is 43.2 Å². The number of halogens is 1. The molecule has 0 N–H and O–H groups in total. The Kier molecular flexibility index (Phi) is 4.39. The van der Waals surface area contributed by atoms with Crippen molar-refractivity contribution >= 4 is 17.2 Å². The van der Waals surface area contributed by atoms with Crippen LogP contribution in [0.15, 0.2) is 36.7 Å². The van der Waals surface area contributed by atoms with E-state index in [1.54, 1.807) is 29.0 Å². The Labute approximate surface area is 156 Å². The van der Waals surface area contributed by atoms with Gasteiger partial charge in [-0.25, -0.2) is 13.9 Å². The Morgan fingerprint density at radius 2 is 1.96 bits per heavy atom. The number of rotatable bonds is 3. The first kappa shape index (κ1) is 17.3. The molecule has 3 heterocycles. The summed E-state index contributed by atoms with van der Waals surface area (Å²) in [5.74, 6) is 0.114. The van der Waals surface area contributed by atoms with Crippen LogP contribution in [0.25, 0.3) is 5.65 Å². The maximum Gasteiger partial charge on any atom is 0.257 e. The Balaban J connectivity index is 1.50. The molecule has 1 aliphatic heterocycles. The molecular weight excluding hydrogens is 349 g/mol. The summed E-state index contributed by atoms with van der Waals surface area (Å²) in [5.41, 5.74) is 2.80. The van der Waals surface area contributed by atoms with E-state index in [-0.39, 0.29) is 11.7 Å². The molecule has 0 bridgehead atoms. The second-order valence-electron chi connectivity index (χ2n) is 6.47. The molecule has 0 saturated carbocycles. The van der Waals surface area contributed by atoms with Gasteiger partial charge < -0.3 is 14.5 Å². The zero-order valence-electron chi connectivity index (χ0n) is 15.2. The predicted octanol–water partition coefficient (Wildman–Crippen LogP) is 2.15. The monoisotopic (exact) mass is 369 g/mol. The normalized spacial score (nSPS) is 14.6. The van der Waals surface area contributed by atoms with E-state index >= 15 is 0 Å². The maximum absolute atomic E-state index is 13.4. The van der Waals surface area contributed by atoms with Gasteiger partial charge in [-0.05, 0) is 19.1 Å². The molecule has 1 aliphatic rings. The van der Waals surface area contributed by atoms with Crippen LogP contribution in [0.1, 0.15) is 16.1 Å². The molecule has 1 amide bonds. The fraction of sp³-hybridized carbons (Fsp3) is 0.316. The summed E-state index contributed by atoms with van der Waals surface area (Å²) < 4.78 is 20.3. The lowest BCUT2D eigenvalue weighted by molar-refractivity contribution is 0.0745. The predicted molar refractivity (Wildman–Crippen MR) is 98.8 cm³/mol. The second-order valence-corrected chi connectivity index (χ2v) is 6.47. The van der Waals surface area contributed by atoms with Gasteiger partial charge in [-0.3, -0.25) is 4.79 Å². The zero-order chi connectivity index (χ0) is 19.0. The van der Waals surface area contributed by atoms with Crippen LogP contribution in [0, 0.1) is 12.7 Å². The summed E-state index contributed by atoms with van der Waals surface area (Å²) in [6.45, 7) is 4.25. The minimum atomic E-state index is -0.332. The van der Waals surface area contributed by atoms with Gasteiger partial charge in [0.05, 0.1) is 30.3 Å². The van der Waals surface area contributed by atoms with Gasteiger partial charge >= 0.3 is 0 Å². The number of anilines is 1. The van der Waals surface area contributed by atoms with Gasteiger partial charge in [0, 0.05) is 44.5 Å². The highest BCUT2D eigenvalue weighted by molar-refractivity contribution is 5.95. The molecule has 8 heteroatoms. The van der Waals surface area contributed by atoms with Crippen molar-refractivity contribution in [1.29, 1.82) is 0 Å². The summed E-state index contributed by atoms with van der Waals surface area (Å²) in [6, 6.07) is 6.31. The number of carbonyl (C=O) groups excluding carboxylic acids is 1. The fourth-order valence-corrected chi connectivity index (χ4v) is 3.39. The summed E-state index contributed by atoms with van der Waals surface area (Å²) in [6.07, 6.45) is 3.39. The largest absolute Gasteiger partial charge is 0.494 e. The standard InChI is InChI=1S/C19H20FN5O2/c1-13-15(12-25-18(22-13)5-6-21-25)19(26)24-9-7-23(8-10-24)16-4-3-14(20)11-17(16)27-2/h3-6,11-12H,7-10H2,1-2H3. The van der Waals surface area contributed by atoms with E-state index < -0.39 is 0 Å². The van der Waals surface area contributed by atoms with Crippen LogP contribution in [0.4, 0.5) is 10.1 Å². The third kappa shape index (κ3) is 3.18. The van der Waals surface area contributed by atoms with E-state index in [1.807, 2.05) is 11.8 Å². The summed E-state index contributed by atoms with van der Waals surface area (Å²) in [4.78, 5) is 21.3. The van der Waals surface area contributed by atoms with Crippen molar-refractivity contribution in [2.75, 3.05) is 38.2 Å². The van der Waals surface area contributed by atoms with Gasteiger partial charge in [-0.15, -0.1) is 0 Å². The van der Waals surface area contributed by atoms with Crippen LogP contribution in [0.2, 0.25) is 0 Å². The van der Waals surface area contributed by atoms with E-state index in [1.165, 1.54) is 19.2 Å². The minimum absolute atomic E-state index is 0.0527. The number of ether oxygens (including phenoxy) is 1. The number of benzene rings is 1. The van der Waals surface area contributed by atoms with Crippen molar-refractivity contribution in [2.24, 2.45) is 0 Å². The molecule has 2 aromatic heterocycles. The minimum Gasteiger partial charge on any atom is -0.494 e. The number of carbonyl (C=O) groups is 1. The van der Waals surface area contributed by atoms with E-state index in [4.69, 9.17) is 4.74 Å².